The quantitative estimate of drug-likeness (QED) is 0.422. The van der Waals surface area contributed by atoms with Gasteiger partial charge in [-0.25, -0.2) is 14.4 Å². The van der Waals surface area contributed by atoms with Gasteiger partial charge in [-0.2, -0.15) is 10.1 Å². The van der Waals surface area contributed by atoms with Crippen LogP contribution in [0, 0.1) is 0 Å². The van der Waals surface area contributed by atoms with Crippen LogP contribution in [0.2, 0.25) is 0 Å². The summed E-state index contributed by atoms with van der Waals surface area (Å²) in [7, 11) is 0. The Balaban J connectivity index is 1.46. The lowest BCUT2D eigenvalue weighted by Crippen LogP contribution is -2.07. The molecule has 0 aliphatic heterocycles. The predicted molar refractivity (Wildman–Crippen MR) is 104 cm³/mol. The number of aromatic amines is 2. The van der Waals surface area contributed by atoms with Gasteiger partial charge in [0.2, 0.25) is 5.95 Å². The minimum Gasteiger partial charge on any atom is -0.368 e. The number of alkyl halides is 1. The van der Waals surface area contributed by atoms with E-state index in [9.17, 15) is 4.39 Å². The van der Waals surface area contributed by atoms with Crippen molar-refractivity contribution in [1.82, 2.24) is 30.1 Å². The van der Waals surface area contributed by atoms with Crippen molar-refractivity contribution in [3.63, 3.8) is 0 Å². The van der Waals surface area contributed by atoms with Crippen molar-refractivity contribution in [2.24, 2.45) is 0 Å². The van der Waals surface area contributed by atoms with Crippen molar-refractivity contribution in [2.75, 3.05) is 11.1 Å². The van der Waals surface area contributed by atoms with E-state index in [1.807, 2.05) is 18.2 Å². The number of halogens is 1. The van der Waals surface area contributed by atoms with Crippen LogP contribution in [0.25, 0.3) is 11.0 Å². The molecule has 5 rings (SSSR count). The molecule has 1 saturated carbocycles. The number of H-pyrrole nitrogens is 2. The van der Waals surface area contributed by atoms with Crippen LogP contribution in [-0.4, -0.2) is 36.3 Å². The molecule has 3 aromatic heterocycles. The van der Waals surface area contributed by atoms with E-state index in [1.54, 1.807) is 12.5 Å². The second-order valence-corrected chi connectivity index (χ2v) is 7.12. The van der Waals surface area contributed by atoms with E-state index in [0.717, 1.165) is 27.9 Å². The second-order valence-electron chi connectivity index (χ2n) is 7.12. The zero-order chi connectivity index (χ0) is 19.3. The minimum atomic E-state index is -0.782. The molecular weight excluding hydrogens is 359 g/mol. The van der Waals surface area contributed by atoms with Crippen LogP contribution in [0.3, 0.4) is 0 Å². The first-order valence-electron chi connectivity index (χ1n) is 9.10. The molecule has 5 N–H and O–H groups in total. The second kappa shape index (κ2) is 6.29. The molecule has 142 valence electrons. The highest BCUT2D eigenvalue weighted by Crippen LogP contribution is 2.43. The number of hydrogen-bond acceptors (Lipinski definition) is 6. The van der Waals surface area contributed by atoms with E-state index in [-0.39, 0.29) is 17.8 Å². The van der Waals surface area contributed by atoms with Crippen molar-refractivity contribution < 1.29 is 4.39 Å². The van der Waals surface area contributed by atoms with Gasteiger partial charge in [0, 0.05) is 35.4 Å². The molecule has 8 nitrogen and oxygen atoms in total. The number of aromatic nitrogens is 6. The number of nitrogens with zero attached hydrogens (tertiary/aromatic N) is 4. The van der Waals surface area contributed by atoms with Gasteiger partial charge in [-0.15, -0.1) is 0 Å². The van der Waals surface area contributed by atoms with Gasteiger partial charge >= 0.3 is 0 Å². The van der Waals surface area contributed by atoms with Gasteiger partial charge in [0.25, 0.3) is 0 Å². The van der Waals surface area contributed by atoms with E-state index in [0.29, 0.717) is 18.1 Å². The number of nitrogens with one attached hydrogen (secondary N) is 3. The maximum Gasteiger partial charge on any atom is 0.221 e. The molecule has 4 aromatic rings. The van der Waals surface area contributed by atoms with Crippen LogP contribution in [0.15, 0.2) is 36.8 Å². The zero-order valence-corrected chi connectivity index (χ0v) is 15.1. The van der Waals surface area contributed by atoms with Gasteiger partial charge in [0.15, 0.2) is 5.82 Å². The first kappa shape index (κ1) is 16.7. The van der Waals surface area contributed by atoms with Crippen molar-refractivity contribution in [3.8, 4) is 0 Å². The SMILES string of the molecule is C[C@@H](c1ccc2nc[nH]c2c1)c1cnc(N)nc1Nc1cc([C@H]2C[C@@H]2F)[nH]n1. The number of fused-ring (bicyclic) bond motifs is 1. The summed E-state index contributed by atoms with van der Waals surface area (Å²) in [6, 6.07) is 7.89. The molecule has 0 unspecified atom stereocenters. The number of benzene rings is 1. The highest BCUT2D eigenvalue weighted by Gasteiger charge is 2.40. The Kier molecular flexibility index (Phi) is 3.75. The Morgan fingerprint density at radius 1 is 1.29 bits per heavy atom. The van der Waals surface area contributed by atoms with E-state index in [2.05, 4.69) is 48.4 Å². The molecule has 1 aliphatic rings. The summed E-state index contributed by atoms with van der Waals surface area (Å²) in [6.07, 6.45) is 3.16. The summed E-state index contributed by atoms with van der Waals surface area (Å²) >= 11 is 0. The molecule has 0 radical (unpaired) electrons. The predicted octanol–water partition coefficient (Wildman–Crippen LogP) is 3.38. The number of nitrogen functional groups attached to an aromatic ring is 1. The van der Waals surface area contributed by atoms with Crippen molar-refractivity contribution in [1.29, 1.82) is 0 Å². The lowest BCUT2D eigenvalue weighted by atomic mass is 9.94. The third-order valence-corrected chi connectivity index (χ3v) is 5.20. The Labute approximate surface area is 159 Å². The molecule has 0 bridgehead atoms. The lowest BCUT2D eigenvalue weighted by molar-refractivity contribution is 0.466. The number of imidazole rings is 1. The standard InChI is InChI=1S/C19H19FN8/c1-9(10-2-3-14-16(4-10)24-8-23-14)12-7-22-19(21)26-18(12)25-17-6-15(27-28-17)11-5-13(11)20/h2-4,6-9,11,13H,5H2,1H3,(H,23,24)(H4,21,22,25,26,27,28)/t9-,11-,13-/m0/s1. The molecule has 9 heteroatoms. The Morgan fingerprint density at radius 2 is 2.14 bits per heavy atom. The summed E-state index contributed by atoms with van der Waals surface area (Å²) in [5.74, 6) is 1.25. The van der Waals surface area contributed by atoms with Crippen LogP contribution in [-0.2, 0) is 0 Å². The molecule has 1 aromatic carbocycles. The van der Waals surface area contributed by atoms with E-state index >= 15 is 0 Å². The fourth-order valence-electron chi connectivity index (χ4n) is 3.42. The summed E-state index contributed by atoms with van der Waals surface area (Å²) < 4.78 is 13.3. The van der Waals surface area contributed by atoms with Gasteiger partial charge in [-0.1, -0.05) is 13.0 Å². The van der Waals surface area contributed by atoms with Crippen LogP contribution in [0.5, 0.6) is 0 Å². The van der Waals surface area contributed by atoms with E-state index < -0.39 is 6.17 Å². The highest BCUT2D eigenvalue weighted by atomic mass is 19.1. The third kappa shape index (κ3) is 2.94. The monoisotopic (exact) mass is 378 g/mol. The summed E-state index contributed by atoms with van der Waals surface area (Å²) in [6.45, 7) is 2.07. The topological polar surface area (TPSA) is 121 Å². The molecule has 1 fully saturated rings. The Morgan fingerprint density at radius 3 is 2.96 bits per heavy atom. The molecular formula is C19H19FN8. The average molecular weight is 378 g/mol. The van der Waals surface area contributed by atoms with Gasteiger partial charge in [0.05, 0.1) is 17.4 Å². The van der Waals surface area contributed by atoms with Crippen LogP contribution in [0.1, 0.15) is 42.0 Å². The Bertz CT molecular complexity index is 1150. The maximum absolute atomic E-state index is 13.3. The molecule has 0 spiro atoms. The molecule has 3 atom stereocenters. The normalized spacial score (nSPS) is 19.6. The largest absolute Gasteiger partial charge is 0.368 e. The van der Waals surface area contributed by atoms with Crippen LogP contribution in [0.4, 0.5) is 22.0 Å². The van der Waals surface area contributed by atoms with Crippen molar-refractivity contribution >= 4 is 28.6 Å². The van der Waals surface area contributed by atoms with Crippen molar-refractivity contribution in [2.45, 2.75) is 31.4 Å². The number of hydrogen-bond donors (Lipinski definition) is 4. The molecule has 3 heterocycles. The number of anilines is 3. The maximum atomic E-state index is 13.3. The fraction of sp³-hybridized carbons (Fsp3) is 0.263. The summed E-state index contributed by atoms with van der Waals surface area (Å²) in [5.41, 5.74) is 10.5. The summed E-state index contributed by atoms with van der Waals surface area (Å²) in [4.78, 5) is 15.9. The third-order valence-electron chi connectivity index (χ3n) is 5.20. The number of rotatable bonds is 5. The lowest BCUT2D eigenvalue weighted by Gasteiger charge is -2.16. The average Bonchev–Trinajstić information content (AvgIpc) is 3.09. The van der Waals surface area contributed by atoms with Crippen molar-refractivity contribution in [3.05, 3.63) is 53.6 Å². The minimum absolute atomic E-state index is 0.00728. The Hall–Kier alpha value is -3.49. The smallest absolute Gasteiger partial charge is 0.221 e. The van der Waals surface area contributed by atoms with E-state index in [4.69, 9.17) is 5.73 Å². The fourth-order valence-corrected chi connectivity index (χ4v) is 3.42. The van der Waals surface area contributed by atoms with Crippen LogP contribution < -0.4 is 11.1 Å². The summed E-state index contributed by atoms with van der Waals surface area (Å²) in [5, 5.41) is 10.3. The number of nitrogens with two attached hydrogens (primary N) is 1. The highest BCUT2D eigenvalue weighted by molar-refractivity contribution is 5.75. The molecule has 28 heavy (non-hydrogen) atoms. The first-order chi connectivity index (χ1) is 13.6. The van der Waals surface area contributed by atoms with Gasteiger partial charge in [-0.3, -0.25) is 5.10 Å². The van der Waals surface area contributed by atoms with Crippen LogP contribution >= 0.6 is 0 Å². The molecule has 0 amide bonds. The van der Waals surface area contributed by atoms with Gasteiger partial charge in [-0.05, 0) is 24.1 Å². The zero-order valence-electron chi connectivity index (χ0n) is 15.1. The molecule has 1 aliphatic carbocycles. The van der Waals surface area contributed by atoms with Gasteiger partial charge < -0.3 is 16.0 Å². The molecule has 0 saturated heterocycles. The van der Waals surface area contributed by atoms with Gasteiger partial charge in [0.1, 0.15) is 12.0 Å². The van der Waals surface area contributed by atoms with E-state index in [1.165, 1.54) is 0 Å². The first-order valence-corrected chi connectivity index (χ1v) is 9.10.